The van der Waals surface area contributed by atoms with Gasteiger partial charge in [-0.25, -0.2) is 0 Å². The van der Waals surface area contributed by atoms with Gasteiger partial charge in [-0.15, -0.1) is 0 Å². The van der Waals surface area contributed by atoms with E-state index in [0.717, 1.165) is 6.42 Å². The number of benzene rings is 1. The zero-order valence-electron chi connectivity index (χ0n) is 13.5. The van der Waals surface area contributed by atoms with Gasteiger partial charge < -0.3 is 5.73 Å². The molecule has 1 heteroatoms. The van der Waals surface area contributed by atoms with E-state index in [2.05, 4.69) is 52.0 Å². The molecule has 0 radical (unpaired) electrons. The molecule has 1 aromatic carbocycles. The third-order valence-electron chi connectivity index (χ3n) is 4.94. The summed E-state index contributed by atoms with van der Waals surface area (Å²) in [5.41, 5.74) is 12.3. The maximum Gasteiger partial charge on any atom is 0.00789 e. The molecule has 0 spiro atoms. The Morgan fingerprint density at radius 3 is 2.60 bits per heavy atom. The minimum atomic E-state index is 0.318. The number of hydrogen-bond acceptors (Lipinski definition) is 1. The van der Waals surface area contributed by atoms with Crippen LogP contribution in [-0.4, -0.2) is 6.04 Å². The molecule has 0 aromatic heterocycles. The summed E-state index contributed by atoms with van der Waals surface area (Å²) in [6.07, 6.45) is 8.59. The van der Waals surface area contributed by atoms with Crippen molar-refractivity contribution in [2.24, 2.45) is 11.1 Å². The summed E-state index contributed by atoms with van der Waals surface area (Å²) in [5.74, 6) is 0. The monoisotopic (exact) mass is 271 g/mol. The van der Waals surface area contributed by atoms with Crippen LogP contribution >= 0.6 is 0 Å². The van der Waals surface area contributed by atoms with Crippen LogP contribution in [0.25, 0.3) is 5.57 Å². The lowest BCUT2D eigenvalue weighted by Crippen LogP contribution is -2.23. The van der Waals surface area contributed by atoms with Gasteiger partial charge in [-0.2, -0.15) is 0 Å². The molecule has 2 N–H and O–H groups in total. The molecule has 1 aliphatic carbocycles. The summed E-state index contributed by atoms with van der Waals surface area (Å²) in [6.45, 7) is 8.84. The molecule has 0 aliphatic heterocycles. The second-order valence-electron chi connectivity index (χ2n) is 6.76. The van der Waals surface area contributed by atoms with Crippen LogP contribution in [0.1, 0.15) is 62.6 Å². The lowest BCUT2D eigenvalue weighted by atomic mass is 9.92. The third-order valence-corrected chi connectivity index (χ3v) is 4.94. The van der Waals surface area contributed by atoms with Gasteiger partial charge in [0.25, 0.3) is 0 Å². The maximum absolute atomic E-state index is 6.32. The fourth-order valence-electron chi connectivity index (χ4n) is 3.21. The summed E-state index contributed by atoms with van der Waals surface area (Å²) < 4.78 is 0. The van der Waals surface area contributed by atoms with Gasteiger partial charge in [-0.05, 0) is 68.6 Å². The standard InChI is InChI=1S/C19H29N/c1-5-19(10-11-19)13-17(20)8-7-15(3)18-9-6-14(2)12-16(18)4/h6-7,9,12,17H,5,8,10-11,13,20H2,1-4H3/b15-7+. The Labute approximate surface area is 124 Å². The van der Waals surface area contributed by atoms with Crippen molar-refractivity contribution in [1.29, 1.82) is 0 Å². The van der Waals surface area contributed by atoms with E-state index in [9.17, 15) is 0 Å². The van der Waals surface area contributed by atoms with Crippen molar-refractivity contribution in [2.45, 2.75) is 65.8 Å². The molecular weight excluding hydrogens is 242 g/mol. The van der Waals surface area contributed by atoms with Crippen molar-refractivity contribution in [1.82, 2.24) is 0 Å². The Bertz CT molecular complexity index is 494. The predicted molar refractivity (Wildman–Crippen MR) is 88.7 cm³/mol. The lowest BCUT2D eigenvalue weighted by Gasteiger charge is -2.17. The lowest BCUT2D eigenvalue weighted by molar-refractivity contribution is 0.400. The van der Waals surface area contributed by atoms with E-state index in [4.69, 9.17) is 5.73 Å². The molecule has 1 fully saturated rings. The molecule has 1 aromatic rings. The van der Waals surface area contributed by atoms with E-state index in [0.29, 0.717) is 11.5 Å². The van der Waals surface area contributed by atoms with Gasteiger partial charge in [-0.3, -0.25) is 0 Å². The van der Waals surface area contributed by atoms with Crippen LogP contribution in [0.5, 0.6) is 0 Å². The van der Waals surface area contributed by atoms with Crippen LogP contribution in [0.2, 0.25) is 0 Å². The number of allylic oxidation sites excluding steroid dienone is 1. The summed E-state index contributed by atoms with van der Waals surface area (Å²) in [6, 6.07) is 6.99. The van der Waals surface area contributed by atoms with Gasteiger partial charge in [0.2, 0.25) is 0 Å². The maximum atomic E-state index is 6.32. The first kappa shape index (κ1) is 15.3. The molecule has 1 aliphatic rings. The van der Waals surface area contributed by atoms with Crippen LogP contribution in [0, 0.1) is 19.3 Å². The molecule has 0 saturated heterocycles. The Morgan fingerprint density at radius 2 is 2.05 bits per heavy atom. The van der Waals surface area contributed by atoms with Crippen LogP contribution < -0.4 is 5.73 Å². The topological polar surface area (TPSA) is 26.0 Å². The summed E-state index contributed by atoms with van der Waals surface area (Å²) in [5, 5.41) is 0. The van der Waals surface area contributed by atoms with Gasteiger partial charge >= 0.3 is 0 Å². The Hall–Kier alpha value is -1.08. The van der Waals surface area contributed by atoms with Crippen molar-refractivity contribution in [2.75, 3.05) is 0 Å². The first-order chi connectivity index (χ1) is 9.46. The van der Waals surface area contributed by atoms with Crippen molar-refractivity contribution in [3.8, 4) is 0 Å². The zero-order chi connectivity index (χ0) is 14.8. The first-order valence-electron chi connectivity index (χ1n) is 7.96. The number of rotatable bonds is 6. The van der Waals surface area contributed by atoms with Gasteiger partial charge in [-0.1, -0.05) is 43.2 Å². The highest BCUT2D eigenvalue weighted by Crippen LogP contribution is 2.52. The van der Waals surface area contributed by atoms with E-state index in [1.807, 2.05) is 0 Å². The van der Waals surface area contributed by atoms with E-state index in [1.165, 1.54) is 47.9 Å². The number of nitrogens with two attached hydrogens (primary N) is 1. The number of hydrogen-bond donors (Lipinski definition) is 1. The fourth-order valence-corrected chi connectivity index (χ4v) is 3.21. The van der Waals surface area contributed by atoms with Crippen LogP contribution in [0.15, 0.2) is 24.3 Å². The van der Waals surface area contributed by atoms with Gasteiger partial charge in [0.15, 0.2) is 0 Å². The first-order valence-corrected chi connectivity index (χ1v) is 7.96. The second-order valence-corrected chi connectivity index (χ2v) is 6.76. The zero-order valence-corrected chi connectivity index (χ0v) is 13.5. The minimum Gasteiger partial charge on any atom is -0.327 e. The summed E-state index contributed by atoms with van der Waals surface area (Å²) in [7, 11) is 0. The summed E-state index contributed by atoms with van der Waals surface area (Å²) in [4.78, 5) is 0. The average Bonchev–Trinajstić information content (AvgIpc) is 3.16. The molecule has 1 unspecified atom stereocenters. The second kappa shape index (κ2) is 6.13. The molecule has 20 heavy (non-hydrogen) atoms. The molecule has 1 nitrogen and oxygen atoms in total. The molecule has 1 saturated carbocycles. The van der Waals surface area contributed by atoms with Crippen LogP contribution in [0.3, 0.4) is 0 Å². The Morgan fingerprint density at radius 1 is 1.35 bits per heavy atom. The van der Waals surface area contributed by atoms with Crippen molar-refractivity contribution in [3.05, 3.63) is 41.0 Å². The van der Waals surface area contributed by atoms with Crippen molar-refractivity contribution >= 4 is 5.57 Å². The molecular formula is C19H29N. The minimum absolute atomic E-state index is 0.318. The van der Waals surface area contributed by atoms with Gasteiger partial charge in [0.1, 0.15) is 0 Å². The third kappa shape index (κ3) is 3.73. The van der Waals surface area contributed by atoms with E-state index in [-0.39, 0.29) is 0 Å². The highest BCUT2D eigenvalue weighted by atomic mass is 14.7. The van der Waals surface area contributed by atoms with Crippen molar-refractivity contribution < 1.29 is 0 Å². The Balaban J connectivity index is 1.96. The molecule has 0 amide bonds. The smallest absolute Gasteiger partial charge is 0.00789 e. The van der Waals surface area contributed by atoms with E-state index >= 15 is 0 Å². The summed E-state index contributed by atoms with van der Waals surface area (Å²) >= 11 is 0. The molecule has 110 valence electrons. The predicted octanol–water partition coefficient (Wildman–Crippen LogP) is 5.00. The molecule has 0 bridgehead atoms. The molecule has 0 heterocycles. The van der Waals surface area contributed by atoms with Crippen LogP contribution in [-0.2, 0) is 0 Å². The van der Waals surface area contributed by atoms with Gasteiger partial charge in [0, 0.05) is 6.04 Å². The fraction of sp³-hybridized carbons (Fsp3) is 0.579. The molecule has 1 atom stereocenters. The number of aryl methyl sites for hydroxylation is 2. The van der Waals surface area contributed by atoms with Crippen molar-refractivity contribution in [3.63, 3.8) is 0 Å². The largest absolute Gasteiger partial charge is 0.327 e. The highest BCUT2D eigenvalue weighted by Gasteiger charge is 2.41. The van der Waals surface area contributed by atoms with Crippen LogP contribution in [0.4, 0.5) is 0 Å². The Kier molecular flexibility index (Phi) is 4.70. The van der Waals surface area contributed by atoms with E-state index < -0.39 is 0 Å². The molecule has 2 rings (SSSR count). The quantitative estimate of drug-likeness (QED) is 0.773. The SMILES string of the molecule is CCC1(CC(N)C/C=C(\C)c2ccc(C)cc2C)CC1. The van der Waals surface area contributed by atoms with Gasteiger partial charge in [0.05, 0.1) is 0 Å². The van der Waals surface area contributed by atoms with E-state index in [1.54, 1.807) is 0 Å². The highest BCUT2D eigenvalue weighted by molar-refractivity contribution is 5.66. The average molecular weight is 271 g/mol. The normalized spacial score (nSPS) is 18.9.